The minimum Gasteiger partial charge on any atom is -0.341 e. The average Bonchev–Trinajstić information content (AvgIpc) is 2.78. The third-order valence-electron chi connectivity index (χ3n) is 4.01. The molecule has 1 unspecified atom stereocenters. The molecule has 2 fully saturated rings. The van der Waals surface area contributed by atoms with E-state index in [9.17, 15) is 4.79 Å². The van der Waals surface area contributed by atoms with Crippen molar-refractivity contribution in [1.82, 2.24) is 9.80 Å². The number of halogens is 2. The third-order valence-corrected chi connectivity index (χ3v) is 4.01. The van der Waals surface area contributed by atoms with Crippen LogP contribution in [0.25, 0.3) is 0 Å². The Morgan fingerprint density at radius 1 is 1.16 bits per heavy atom. The van der Waals surface area contributed by atoms with E-state index in [2.05, 4.69) is 11.8 Å². The molecule has 19 heavy (non-hydrogen) atoms. The highest BCUT2D eigenvalue weighted by Gasteiger charge is 2.33. The Balaban J connectivity index is 0.00000162. The van der Waals surface area contributed by atoms with E-state index in [1.165, 1.54) is 6.42 Å². The van der Waals surface area contributed by atoms with Gasteiger partial charge in [-0.2, -0.15) is 0 Å². The molecule has 4 nitrogen and oxygen atoms in total. The topological polar surface area (TPSA) is 49.6 Å². The Hall–Kier alpha value is -0.0300. The maximum Gasteiger partial charge on any atom is 0.239 e. The molecular formula is C13H27Cl2N3O. The number of piperidine rings is 1. The highest BCUT2D eigenvalue weighted by atomic mass is 35.5. The van der Waals surface area contributed by atoms with Gasteiger partial charge in [0.2, 0.25) is 5.91 Å². The van der Waals surface area contributed by atoms with Crippen LogP contribution in [0.2, 0.25) is 0 Å². The van der Waals surface area contributed by atoms with E-state index in [1.807, 2.05) is 4.90 Å². The molecule has 2 aliphatic rings. The number of carbonyl (C=O) groups excluding carboxylic acids is 1. The van der Waals surface area contributed by atoms with Gasteiger partial charge in [-0.25, -0.2) is 0 Å². The molecule has 2 rings (SSSR count). The van der Waals surface area contributed by atoms with Crippen LogP contribution in [0.3, 0.4) is 0 Å². The van der Waals surface area contributed by atoms with E-state index in [0.717, 1.165) is 51.9 Å². The maximum atomic E-state index is 12.4. The van der Waals surface area contributed by atoms with Crippen molar-refractivity contribution in [2.24, 2.45) is 5.73 Å². The fraction of sp³-hybridized carbons (Fsp3) is 0.923. The van der Waals surface area contributed by atoms with Crippen LogP contribution in [0.4, 0.5) is 0 Å². The molecule has 1 atom stereocenters. The van der Waals surface area contributed by atoms with Gasteiger partial charge in [-0.3, -0.25) is 9.69 Å². The molecule has 0 bridgehead atoms. The minimum atomic E-state index is 0. The number of nitrogens with zero attached hydrogens (tertiary/aromatic N) is 2. The van der Waals surface area contributed by atoms with Crippen LogP contribution in [0.15, 0.2) is 0 Å². The Morgan fingerprint density at radius 3 is 2.37 bits per heavy atom. The van der Waals surface area contributed by atoms with Crippen molar-refractivity contribution < 1.29 is 4.79 Å². The van der Waals surface area contributed by atoms with Gasteiger partial charge in [-0.1, -0.05) is 6.92 Å². The lowest BCUT2D eigenvalue weighted by Gasteiger charge is -2.34. The van der Waals surface area contributed by atoms with Crippen LogP contribution in [-0.2, 0) is 4.79 Å². The molecule has 0 aromatic heterocycles. The first kappa shape index (κ1) is 19.0. The van der Waals surface area contributed by atoms with E-state index in [0.29, 0.717) is 11.9 Å². The van der Waals surface area contributed by atoms with Gasteiger partial charge in [-0.15, -0.1) is 24.8 Å². The standard InChI is InChI=1S/C13H25N3O.2ClH/c1-2-7-15-8-3-4-12(15)13(17)16-9-5-11(14)6-10-16;;/h11-12H,2-10,14H2,1H3;2*1H. The number of hydrogen-bond acceptors (Lipinski definition) is 3. The average molecular weight is 312 g/mol. The van der Waals surface area contributed by atoms with Crippen molar-refractivity contribution in [3.05, 3.63) is 0 Å². The van der Waals surface area contributed by atoms with Crippen molar-refractivity contribution >= 4 is 30.7 Å². The Bertz CT molecular complexity index is 271. The quantitative estimate of drug-likeness (QED) is 0.862. The van der Waals surface area contributed by atoms with Crippen molar-refractivity contribution in [2.45, 2.75) is 51.1 Å². The number of carbonyl (C=O) groups is 1. The molecule has 1 amide bonds. The molecule has 0 spiro atoms. The van der Waals surface area contributed by atoms with Crippen LogP contribution >= 0.6 is 24.8 Å². The van der Waals surface area contributed by atoms with Gasteiger partial charge in [0.05, 0.1) is 6.04 Å². The van der Waals surface area contributed by atoms with E-state index in [-0.39, 0.29) is 30.9 Å². The van der Waals surface area contributed by atoms with Crippen LogP contribution in [-0.4, -0.2) is 54.0 Å². The van der Waals surface area contributed by atoms with E-state index in [4.69, 9.17) is 5.73 Å². The zero-order chi connectivity index (χ0) is 12.3. The summed E-state index contributed by atoms with van der Waals surface area (Å²) in [7, 11) is 0. The molecule has 0 saturated carbocycles. The van der Waals surface area contributed by atoms with Crippen LogP contribution in [0.5, 0.6) is 0 Å². The molecule has 114 valence electrons. The summed E-state index contributed by atoms with van der Waals surface area (Å²) >= 11 is 0. The van der Waals surface area contributed by atoms with Crippen LogP contribution in [0, 0.1) is 0 Å². The predicted molar refractivity (Wildman–Crippen MR) is 83.2 cm³/mol. The van der Waals surface area contributed by atoms with Gasteiger partial charge in [-0.05, 0) is 45.2 Å². The van der Waals surface area contributed by atoms with E-state index in [1.54, 1.807) is 0 Å². The second-order valence-electron chi connectivity index (χ2n) is 5.36. The second-order valence-corrected chi connectivity index (χ2v) is 5.36. The summed E-state index contributed by atoms with van der Waals surface area (Å²) in [5.74, 6) is 0.350. The molecule has 0 radical (unpaired) electrons. The van der Waals surface area contributed by atoms with Crippen LogP contribution in [0.1, 0.15) is 39.0 Å². The van der Waals surface area contributed by atoms with Gasteiger partial charge in [0, 0.05) is 19.1 Å². The van der Waals surface area contributed by atoms with Crippen molar-refractivity contribution in [3.8, 4) is 0 Å². The van der Waals surface area contributed by atoms with Gasteiger partial charge in [0.15, 0.2) is 0 Å². The lowest BCUT2D eigenvalue weighted by molar-refractivity contribution is -0.137. The zero-order valence-corrected chi connectivity index (χ0v) is 13.3. The molecule has 2 saturated heterocycles. The number of likely N-dealkylation sites (tertiary alicyclic amines) is 2. The molecule has 2 N–H and O–H groups in total. The highest BCUT2D eigenvalue weighted by Crippen LogP contribution is 2.21. The summed E-state index contributed by atoms with van der Waals surface area (Å²) in [6.07, 6.45) is 5.28. The Labute approximate surface area is 128 Å². The molecule has 6 heteroatoms. The Kier molecular flexibility index (Phi) is 8.99. The third kappa shape index (κ3) is 4.78. The molecular weight excluding hydrogens is 285 g/mol. The summed E-state index contributed by atoms with van der Waals surface area (Å²) in [6, 6.07) is 0.457. The first-order valence-electron chi connectivity index (χ1n) is 7.00. The van der Waals surface area contributed by atoms with Gasteiger partial charge in [0.25, 0.3) is 0 Å². The van der Waals surface area contributed by atoms with Crippen molar-refractivity contribution in [1.29, 1.82) is 0 Å². The number of rotatable bonds is 3. The first-order chi connectivity index (χ1) is 8.22. The smallest absolute Gasteiger partial charge is 0.239 e. The number of nitrogens with two attached hydrogens (primary N) is 1. The molecule has 0 aromatic carbocycles. The molecule has 0 aliphatic carbocycles. The highest BCUT2D eigenvalue weighted by molar-refractivity contribution is 5.85. The normalized spacial score (nSPS) is 24.7. The lowest BCUT2D eigenvalue weighted by atomic mass is 10.0. The number of hydrogen-bond donors (Lipinski definition) is 1. The van der Waals surface area contributed by atoms with Crippen molar-refractivity contribution in [2.75, 3.05) is 26.2 Å². The summed E-state index contributed by atoms with van der Waals surface area (Å²) in [6.45, 7) is 6.05. The van der Waals surface area contributed by atoms with Gasteiger partial charge < -0.3 is 10.6 Å². The van der Waals surface area contributed by atoms with Gasteiger partial charge >= 0.3 is 0 Å². The lowest BCUT2D eigenvalue weighted by Crippen LogP contribution is -2.50. The first-order valence-corrected chi connectivity index (χ1v) is 7.00. The second kappa shape index (κ2) is 9.01. The molecule has 2 heterocycles. The maximum absolute atomic E-state index is 12.4. The summed E-state index contributed by atoms with van der Waals surface area (Å²) in [5, 5.41) is 0. The predicted octanol–water partition coefficient (Wildman–Crippen LogP) is 1.65. The largest absolute Gasteiger partial charge is 0.341 e. The Morgan fingerprint density at radius 2 is 1.79 bits per heavy atom. The van der Waals surface area contributed by atoms with Crippen LogP contribution < -0.4 is 5.73 Å². The zero-order valence-electron chi connectivity index (χ0n) is 11.7. The summed E-state index contributed by atoms with van der Waals surface area (Å²) in [4.78, 5) is 16.8. The molecule has 2 aliphatic heterocycles. The fourth-order valence-electron chi connectivity index (χ4n) is 2.99. The van der Waals surface area contributed by atoms with E-state index < -0.39 is 0 Å². The SMILES string of the molecule is CCCN1CCCC1C(=O)N1CCC(N)CC1.Cl.Cl. The fourth-order valence-corrected chi connectivity index (χ4v) is 2.99. The minimum absolute atomic E-state index is 0. The molecule has 0 aromatic rings. The van der Waals surface area contributed by atoms with Gasteiger partial charge in [0.1, 0.15) is 0 Å². The summed E-state index contributed by atoms with van der Waals surface area (Å²) < 4.78 is 0. The monoisotopic (exact) mass is 311 g/mol. The number of amides is 1. The summed E-state index contributed by atoms with van der Waals surface area (Å²) in [5.41, 5.74) is 5.88. The van der Waals surface area contributed by atoms with Crippen molar-refractivity contribution in [3.63, 3.8) is 0 Å². The van der Waals surface area contributed by atoms with E-state index >= 15 is 0 Å².